The first-order valence-electron chi connectivity index (χ1n) is 9.08. The van der Waals surface area contributed by atoms with E-state index in [1.54, 1.807) is 14.0 Å². The summed E-state index contributed by atoms with van der Waals surface area (Å²) >= 11 is 1.48. The predicted octanol–water partition coefficient (Wildman–Crippen LogP) is 4.30. The van der Waals surface area contributed by atoms with Crippen molar-refractivity contribution in [3.63, 3.8) is 0 Å². The minimum absolute atomic E-state index is 0.207. The van der Waals surface area contributed by atoms with Crippen molar-refractivity contribution in [3.8, 4) is 22.8 Å². The summed E-state index contributed by atoms with van der Waals surface area (Å²) in [6.45, 7) is 4.24. The number of carbonyl (C=O) groups excluding carboxylic acids is 1. The molecule has 0 aliphatic rings. The van der Waals surface area contributed by atoms with Crippen molar-refractivity contribution in [1.29, 1.82) is 0 Å². The summed E-state index contributed by atoms with van der Waals surface area (Å²) in [6.07, 6.45) is 0.323. The van der Waals surface area contributed by atoms with Gasteiger partial charge in [-0.3, -0.25) is 9.36 Å². The summed E-state index contributed by atoms with van der Waals surface area (Å²) in [7, 11) is 1.64. The number of hydrogen-bond donors (Lipinski definition) is 0. The Balaban J connectivity index is 1.97. The number of aryl methyl sites for hydroxylation is 1. The van der Waals surface area contributed by atoms with Gasteiger partial charge in [0.15, 0.2) is 11.0 Å². The predicted molar refractivity (Wildman–Crippen MR) is 110 cm³/mol. The number of methoxy groups -OCH3 is 1. The van der Waals surface area contributed by atoms with Crippen LogP contribution in [0.25, 0.3) is 17.1 Å². The van der Waals surface area contributed by atoms with Crippen LogP contribution < -0.4 is 4.74 Å². The van der Waals surface area contributed by atoms with Crippen molar-refractivity contribution in [2.45, 2.75) is 25.4 Å². The largest absolute Gasteiger partial charge is 0.496 e. The maximum Gasteiger partial charge on any atom is 0.306 e. The molecule has 0 unspecified atom stereocenters. The molecule has 0 amide bonds. The number of para-hydroxylation sites is 1. The molecule has 0 saturated carbocycles. The SMILES string of the molecule is CCOC(=O)CCSc1nnc(-c2ccccc2OC)n1-c1ccc(C)cc1. The summed E-state index contributed by atoms with van der Waals surface area (Å²) in [5, 5.41) is 9.52. The molecule has 0 saturated heterocycles. The first-order valence-corrected chi connectivity index (χ1v) is 10.1. The fourth-order valence-corrected chi connectivity index (χ4v) is 3.62. The van der Waals surface area contributed by atoms with E-state index in [1.165, 1.54) is 17.3 Å². The lowest BCUT2D eigenvalue weighted by atomic mass is 10.1. The monoisotopic (exact) mass is 397 g/mol. The van der Waals surface area contributed by atoms with Gasteiger partial charge < -0.3 is 9.47 Å². The van der Waals surface area contributed by atoms with Gasteiger partial charge in [0, 0.05) is 11.4 Å². The summed E-state index contributed by atoms with van der Waals surface area (Å²) in [5.74, 6) is 1.78. The molecule has 0 N–H and O–H groups in total. The van der Waals surface area contributed by atoms with Crippen LogP contribution in [0.5, 0.6) is 5.75 Å². The van der Waals surface area contributed by atoms with Gasteiger partial charge in [0.1, 0.15) is 5.75 Å². The number of rotatable bonds is 8. The van der Waals surface area contributed by atoms with Gasteiger partial charge in [-0.15, -0.1) is 10.2 Å². The van der Waals surface area contributed by atoms with Crippen molar-refractivity contribution >= 4 is 17.7 Å². The number of thioether (sulfide) groups is 1. The minimum atomic E-state index is -0.207. The molecular weight excluding hydrogens is 374 g/mol. The standard InChI is InChI=1S/C21H23N3O3S/c1-4-27-19(25)13-14-28-21-23-22-20(17-7-5-6-8-18(17)26-3)24(21)16-11-9-15(2)10-12-16/h5-12H,4,13-14H2,1-3H3. The Labute approximate surface area is 168 Å². The number of nitrogens with zero attached hydrogens (tertiary/aromatic N) is 3. The zero-order valence-corrected chi connectivity index (χ0v) is 17.0. The van der Waals surface area contributed by atoms with Gasteiger partial charge >= 0.3 is 5.97 Å². The van der Waals surface area contributed by atoms with Crippen LogP contribution in [-0.4, -0.2) is 40.2 Å². The number of aromatic nitrogens is 3. The smallest absolute Gasteiger partial charge is 0.306 e. The molecule has 7 heteroatoms. The Bertz CT molecular complexity index is 938. The highest BCUT2D eigenvalue weighted by atomic mass is 32.2. The van der Waals surface area contributed by atoms with E-state index >= 15 is 0 Å². The summed E-state index contributed by atoms with van der Waals surface area (Å²) in [5.41, 5.74) is 2.98. The molecule has 28 heavy (non-hydrogen) atoms. The third-order valence-corrected chi connectivity index (χ3v) is 5.05. The highest BCUT2D eigenvalue weighted by Crippen LogP contribution is 2.33. The van der Waals surface area contributed by atoms with E-state index in [-0.39, 0.29) is 5.97 Å². The lowest BCUT2D eigenvalue weighted by molar-refractivity contribution is -0.142. The number of ether oxygens (including phenoxy) is 2. The zero-order chi connectivity index (χ0) is 19.9. The fraction of sp³-hybridized carbons (Fsp3) is 0.286. The summed E-state index contributed by atoms with van der Waals surface area (Å²) in [6, 6.07) is 15.9. The van der Waals surface area contributed by atoms with Crippen LogP contribution in [0.4, 0.5) is 0 Å². The van der Waals surface area contributed by atoms with E-state index in [0.717, 1.165) is 17.0 Å². The van der Waals surface area contributed by atoms with Crippen LogP contribution in [0.3, 0.4) is 0 Å². The third-order valence-electron chi connectivity index (χ3n) is 4.12. The van der Waals surface area contributed by atoms with E-state index in [9.17, 15) is 4.79 Å². The molecular formula is C21H23N3O3S. The molecule has 1 heterocycles. The highest BCUT2D eigenvalue weighted by molar-refractivity contribution is 7.99. The van der Waals surface area contributed by atoms with Gasteiger partial charge in [-0.1, -0.05) is 41.6 Å². The molecule has 1 aromatic heterocycles. The fourth-order valence-electron chi connectivity index (χ4n) is 2.75. The molecule has 0 fully saturated rings. The van der Waals surface area contributed by atoms with Crippen molar-refractivity contribution < 1.29 is 14.3 Å². The van der Waals surface area contributed by atoms with Crippen LogP contribution in [0.2, 0.25) is 0 Å². The average Bonchev–Trinajstić information content (AvgIpc) is 3.12. The van der Waals surface area contributed by atoms with Gasteiger partial charge in [0.05, 0.1) is 25.7 Å². The minimum Gasteiger partial charge on any atom is -0.496 e. The van der Waals surface area contributed by atoms with E-state index < -0.39 is 0 Å². The lowest BCUT2D eigenvalue weighted by Crippen LogP contribution is -2.05. The van der Waals surface area contributed by atoms with E-state index in [2.05, 4.69) is 10.2 Å². The highest BCUT2D eigenvalue weighted by Gasteiger charge is 2.19. The van der Waals surface area contributed by atoms with Crippen LogP contribution in [-0.2, 0) is 9.53 Å². The quantitative estimate of drug-likeness (QED) is 0.417. The first kappa shape index (κ1) is 19.9. The van der Waals surface area contributed by atoms with Crippen LogP contribution in [0.1, 0.15) is 18.9 Å². The van der Waals surface area contributed by atoms with Gasteiger partial charge in [-0.05, 0) is 38.1 Å². The van der Waals surface area contributed by atoms with E-state index in [0.29, 0.717) is 29.8 Å². The number of carbonyl (C=O) groups is 1. The maximum absolute atomic E-state index is 11.6. The second-order valence-electron chi connectivity index (χ2n) is 6.08. The molecule has 0 bridgehead atoms. The van der Waals surface area contributed by atoms with Crippen LogP contribution in [0.15, 0.2) is 53.7 Å². The Morgan fingerprint density at radius 3 is 2.57 bits per heavy atom. The Morgan fingerprint density at radius 2 is 1.86 bits per heavy atom. The van der Waals surface area contributed by atoms with Gasteiger partial charge in [0.2, 0.25) is 0 Å². The summed E-state index contributed by atoms with van der Waals surface area (Å²) in [4.78, 5) is 11.6. The van der Waals surface area contributed by atoms with Gasteiger partial charge in [-0.25, -0.2) is 0 Å². The van der Waals surface area contributed by atoms with Gasteiger partial charge in [-0.2, -0.15) is 0 Å². The molecule has 6 nitrogen and oxygen atoms in total. The second kappa shape index (κ2) is 9.41. The Morgan fingerprint density at radius 1 is 1.11 bits per heavy atom. The zero-order valence-electron chi connectivity index (χ0n) is 16.2. The van der Waals surface area contributed by atoms with Crippen molar-refractivity contribution in [1.82, 2.24) is 14.8 Å². The van der Waals surface area contributed by atoms with Crippen LogP contribution >= 0.6 is 11.8 Å². The molecule has 0 aliphatic heterocycles. The van der Waals surface area contributed by atoms with E-state index in [4.69, 9.17) is 9.47 Å². The maximum atomic E-state index is 11.6. The lowest BCUT2D eigenvalue weighted by Gasteiger charge is -2.12. The normalized spacial score (nSPS) is 10.7. The third kappa shape index (κ3) is 4.54. The van der Waals surface area contributed by atoms with Crippen molar-refractivity contribution in [2.75, 3.05) is 19.5 Å². The second-order valence-corrected chi connectivity index (χ2v) is 7.14. The molecule has 146 valence electrons. The molecule has 3 rings (SSSR count). The number of benzene rings is 2. The van der Waals surface area contributed by atoms with Crippen molar-refractivity contribution in [3.05, 3.63) is 54.1 Å². The molecule has 0 spiro atoms. The van der Waals surface area contributed by atoms with Crippen LogP contribution in [0, 0.1) is 6.92 Å². The number of hydrogen-bond acceptors (Lipinski definition) is 6. The first-order chi connectivity index (χ1) is 13.6. The topological polar surface area (TPSA) is 66.2 Å². The van der Waals surface area contributed by atoms with E-state index in [1.807, 2.05) is 60.0 Å². The Hall–Kier alpha value is -2.80. The number of esters is 1. The molecule has 0 radical (unpaired) electrons. The summed E-state index contributed by atoms with van der Waals surface area (Å²) < 4.78 is 12.5. The molecule has 0 atom stereocenters. The molecule has 0 aliphatic carbocycles. The molecule has 3 aromatic rings. The molecule has 2 aromatic carbocycles. The van der Waals surface area contributed by atoms with Gasteiger partial charge in [0.25, 0.3) is 0 Å². The van der Waals surface area contributed by atoms with Crippen molar-refractivity contribution in [2.24, 2.45) is 0 Å². The Kier molecular flexibility index (Phi) is 6.71. The average molecular weight is 398 g/mol.